The number of hydrogen-bond acceptors (Lipinski definition) is 3. The first kappa shape index (κ1) is 13.9. The minimum absolute atomic E-state index is 0.0310. The number of amides is 1. The van der Waals surface area contributed by atoms with Gasteiger partial charge in [0.1, 0.15) is 5.75 Å². The minimum Gasteiger partial charge on any atom is -0.492 e. The van der Waals surface area contributed by atoms with Gasteiger partial charge in [-0.3, -0.25) is 4.79 Å². The molecule has 3 N–H and O–H groups in total. The number of nitrogens with one attached hydrogen (secondary N) is 1. The molecule has 1 aromatic rings. The number of hydrogen-bond donors (Lipinski definition) is 2. The highest BCUT2D eigenvalue weighted by Crippen LogP contribution is 2.31. The zero-order chi connectivity index (χ0) is 13.7. The number of carbonyl (C=O) groups excluding carboxylic acids is 1. The van der Waals surface area contributed by atoms with Crippen LogP contribution in [0.15, 0.2) is 24.3 Å². The van der Waals surface area contributed by atoms with Crippen LogP contribution in [-0.2, 0) is 4.79 Å². The summed E-state index contributed by atoms with van der Waals surface area (Å²) >= 11 is 0. The van der Waals surface area contributed by atoms with Crippen molar-refractivity contribution in [1.82, 2.24) is 0 Å². The molecule has 4 nitrogen and oxygen atoms in total. The van der Waals surface area contributed by atoms with E-state index in [1.165, 1.54) is 0 Å². The number of anilines is 1. The van der Waals surface area contributed by atoms with Crippen LogP contribution in [0.3, 0.4) is 0 Å². The van der Waals surface area contributed by atoms with Crippen LogP contribution >= 0.6 is 0 Å². The van der Waals surface area contributed by atoms with Crippen molar-refractivity contribution < 1.29 is 9.53 Å². The predicted molar refractivity (Wildman–Crippen MR) is 76.2 cm³/mol. The van der Waals surface area contributed by atoms with Crippen molar-refractivity contribution in [3.05, 3.63) is 24.3 Å². The fourth-order valence-corrected chi connectivity index (χ4v) is 2.62. The van der Waals surface area contributed by atoms with Crippen LogP contribution in [0.1, 0.15) is 39.0 Å². The summed E-state index contributed by atoms with van der Waals surface area (Å²) in [5, 5.41) is 2.90. The van der Waals surface area contributed by atoms with E-state index in [0.717, 1.165) is 31.4 Å². The van der Waals surface area contributed by atoms with E-state index in [4.69, 9.17) is 10.5 Å². The largest absolute Gasteiger partial charge is 0.492 e. The first-order valence-corrected chi connectivity index (χ1v) is 6.93. The van der Waals surface area contributed by atoms with Crippen LogP contribution in [-0.4, -0.2) is 18.1 Å². The van der Waals surface area contributed by atoms with Crippen LogP contribution in [0.2, 0.25) is 0 Å². The molecule has 1 saturated carbocycles. The van der Waals surface area contributed by atoms with Crippen molar-refractivity contribution in [2.45, 2.75) is 44.6 Å². The van der Waals surface area contributed by atoms with Crippen molar-refractivity contribution in [2.75, 3.05) is 11.9 Å². The predicted octanol–water partition coefficient (Wildman–Crippen LogP) is 2.69. The summed E-state index contributed by atoms with van der Waals surface area (Å²) in [5.74, 6) is 0.674. The number of carbonyl (C=O) groups is 1. The number of nitrogens with two attached hydrogens (primary N) is 1. The molecule has 1 aliphatic rings. The van der Waals surface area contributed by atoms with Crippen molar-refractivity contribution in [1.29, 1.82) is 0 Å². The SMILES string of the molecule is CCOc1ccccc1NC(=O)CC1(N)CCCC1. The molecule has 1 aliphatic carbocycles. The average Bonchev–Trinajstić information content (AvgIpc) is 2.78. The lowest BCUT2D eigenvalue weighted by atomic mass is 9.94. The van der Waals surface area contributed by atoms with E-state index in [-0.39, 0.29) is 11.4 Å². The Kier molecular flexibility index (Phi) is 4.43. The molecule has 4 heteroatoms. The molecular formula is C15H22N2O2. The molecule has 0 spiro atoms. The van der Waals surface area contributed by atoms with Gasteiger partial charge in [0.05, 0.1) is 12.3 Å². The molecule has 0 heterocycles. The Hall–Kier alpha value is -1.55. The van der Waals surface area contributed by atoms with E-state index < -0.39 is 0 Å². The molecule has 0 saturated heterocycles. The normalized spacial score (nSPS) is 17.2. The maximum Gasteiger partial charge on any atom is 0.226 e. The zero-order valence-electron chi connectivity index (χ0n) is 11.4. The van der Waals surface area contributed by atoms with Crippen LogP contribution in [0.5, 0.6) is 5.75 Å². The summed E-state index contributed by atoms with van der Waals surface area (Å²) in [7, 11) is 0. The smallest absolute Gasteiger partial charge is 0.226 e. The van der Waals surface area contributed by atoms with Crippen LogP contribution in [0.25, 0.3) is 0 Å². The maximum absolute atomic E-state index is 12.1. The molecule has 2 rings (SSSR count). The second-order valence-electron chi connectivity index (χ2n) is 5.22. The Morgan fingerprint density at radius 1 is 1.37 bits per heavy atom. The molecule has 0 radical (unpaired) electrons. The van der Waals surface area contributed by atoms with Crippen molar-refractivity contribution in [3.8, 4) is 5.75 Å². The van der Waals surface area contributed by atoms with Gasteiger partial charge >= 0.3 is 0 Å². The number of para-hydroxylation sites is 2. The Bertz CT molecular complexity index is 440. The van der Waals surface area contributed by atoms with Gasteiger partial charge in [0, 0.05) is 12.0 Å². The van der Waals surface area contributed by atoms with Gasteiger partial charge in [-0.25, -0.2) is 0 Å². The molecule has 0 bridgehead atoms. The summed E-state index contributed by atoms with van der Waals surface area (Å²) in [6.45, 7) is 2.50. The highest BCUT2D eigenvalue weighted by Gasteiger charge is 2.31. The van der Waals surface area contributed by atoms with Crippen LogP contribution in [0, 0.1) is 0 Å². The van der Waals surface area contributed by atoms with Gasteiger partial charge in [0.25, 0.3) is 0 Å². The first-order chi connectivity index (χ1) is 9.13. The van der Waals surface area contributed by atoms with Gasteiger partial charge in [-0.15, -0.1) is 0 Å². The monoisotopic (exact) mass is 262 g/mol. The van der Waals surface area contributed by atoms with E-state index in [1.807, 2.05) is 31.2 Å². The third-order valence-corrected chi connectivity index (χ3v) is 3.57. The highest BCUT2D eigenvalue weighted by atomic mass is 16.5. The Balaban J connectivity index is 1.98. The second-order valence-corrected chi connectivity index (χ2v) is 5.22. The fourth-order valence-electron chi connectivity index (χ4n) is 2.62. The standard InChI is InChI=1S/C15H22N2O2/c1-2-19-13-8-4-3-7-12(13)17-14(18)11-15(16)9-5-6-10-15/h3-4,7-8H,2,5-6,9-11,16H2,1H3,(H,17,18). The lowest BCUT2D eigenvalue weighted by Gasteiger charge is -2.22. The summed E-state index contributed by atoms with van der Waals surface area (Å²) in [6, 6.07) is 7.47. The average molecular weight is 262 g/mol. The fraction of sp³-hybridized carbons (Fsp3) is 0.533. The highest BCUT2D eigenvalue weighted by molar-refractivity contribution is 5.93. The minimum atomic E-state index is -0.315. The molecule has 1 amide bonds. The van der Waals surface area contributed by atoms with E-state index >= 15 is 0 Å². The molecule has 1 fully saturated rings. The number of ether oxygens (including phenoxy) is 1. The van der Waals surface area contributed by atoms with E-state index in [1.54, 1.807) is 0 Å². The summed E-state index contributed by atoms with van der Waals surface area (Å²) in [4.78, 5) is 12.1. The Labute approximate surface area is 114 Å². The van der Waals surface area contributed by atoms with Crippen LogP contribution < -0.4 is 15.8 Å². The summed E-state index contributed by atoms with van der Waals surface area (Å²) in [5.41, 5.74) is 6.62. The van der Waals surface area contributed by atoms with Crippen LogP contribution in [0.4, 0.5) is 5.69 Å². The van der Waals surface area contributed by atoms with E-state index in [2.05, 4.69) is 5.32 Å². The molecular weight excluding hydrogens is 240 g/mol. The van der Waals surface area contributed by atoms with Gasteiger partial charge in [0.15, 0.2) is 0 Å². The molecule has 0 aromatic heterocycles. The molecule has 1 aromatic carbocycles. The van der Waals surface area contributed by atoms with Gasteiger partial charge in [-0.1, -0.05) is 25.0 Å². The third kappa shape index (κ3) is 3.70. The molecule has 0 atom stereocenters. The summed E-state index contributed by atoms with van der Waals surface area (Å²) < 4.78 is 5.49. The third-order valence-electron chi connectivity index (χ3n) is 3.57. The molecule has 0 aliphatic heterocycles. The lowest BCUT2D eigenvalue weighted by molar-refractivity contribution is -0.117. The van der Waals surface area contributed by atoms with Crippen molar-refractivity contribution >= 4 is 11.6 Å². The van der Waals surface area contributed by atoms with Crippen molar-refractivity contribution in [3.63, 3.8) is 0 Å². The first-order valence-electron chi connectivity index (χ1n) is 6.93. The van der Waals surface area contributed by atoms with Gasteiger partial charge < -0.3 is 15.8 Å². The van der Waals surface area contributed by atoms with Crippen molar-refractivity contribution in [2.24, 2.45) is 5.73 Å². The Morgan fingerprint density at radius 2 is 2.05 bits per heavy atom. The zero-order valence-corrected chi connectivity index (χ0v) is 11.4. The molecule has 19 heavy (non-hydrogen) atoms. The molecule has 104 valence electrons. The van der Waals surface area contributed by atoms with Gasteiger partial charge in [-0.2, -0.15) is 0 Å². The van der Waals surface area contributed by atoms with Gasteiger partial charge in [-0.05, 0) is 31.9 Å². The maximum atomic E-state index is 12.1. The second kappa shape index (κ2) is 6.06. The number of rotatable bonds is 5. The van der Waals surface area contributed by atoms with E-state index in [0.29, 0.717) is 18.8 Å². The summed E-state index contributed by atoms with van der Waals surface area (Å²) in [6.07, 6.45) is 4.51. The Morgan fingerprint density at radius 3 is 2.74 bits per heavy atom. The topological polar surface area (TPSA) is 64.3 Å². The van der Waals surface area contributed by atoms with E-state index in [9.17, 15) is 4.79 Å². The van der Waals surface area contributed by atoms with Gasteiger partial charge in [0.2, 0.25) is 5.91 Å². The quantitative estimate of drug-likeness (QED) is 0.857. The lowest BCUT2D eigenvalue weighted by Crippen LogP contribution is -2.40. The number of benzene rings is 1. The molecule has 0 unspecified atom stereocenters.